The number of thioether (sulfide) groups is 1. The van der Waals surface area contributed by atoms with Gasteiger partial charge in [-0.05, 0) is 40.3 Å². The molecule has 1 aromatic heterocycles. The molecule has 0 unspecified atom stereocenters. The molecule has 3 rings (SSSR count). The maximum atomic E-state index is 12.1. The molecule has 1 aliphatic carbocycles. The minimum Gasteiger partial charge on any atom is -0.355 e. The Bertz CT molecular complexity index is 657. The van der Waals surface area contributed by atoms with Crippen LogP contribution < -0.4 is 5.32 Å². The molecule has 2 aromatic rings. The van der Waals surface area contributed by atoms with E-state index in [0.29, 0.717) is 18.9 Å². The number of hydrogen-bond acceptors (Lipinski definition) is 5. The molecule has 0 saturated heterocycles. The molecule has 0 aliphatic heterocycles. The summed E-state index contributed by atoms with van der Waals surface area (Å²) in [4.78, 5) is 12.1. The monoisotopic (exact) mass is 317 g/mol. The molecule has 0 saturated carbocycles. The number of carbonyl (C=O) groups is 1. The summed E-state index contributed by atoms with van der Waals surface area (Å²) in [5, 5.41) is 15.0. The maximum Gasteiger partial charge on any atom is 0.220 e. The molecule has 1 N–H and O–H groups in total. The van der Waals surface area contributed by atoms with Gasteiger partial charge in [0.25, 0.3) is 0 Å². The third-order valence-electron chi connectivity index (χ3n) is 3.93. The van der Waals surface area contributed by atoms with Gasteiger partial charge in [-0.1, -0.05) is 36.0 Å². The van der Waals surface area contributed by atoms with Gasteiger partial charge < -0.3 is 5.32 Å². The summed E-state index contributed by atoms with van der Waals surface area (Å²) in [5.41, 5.74) is 2.74. The van der Waals surface area contributed by atoms with Crippen LogP contribution >= 0.6 is 11.8 Å². The molecule has 0 spiro atoms. The van der Waals surface area contributed by atoms with Crippen LogP contribution in [0.5, 0.6) is 0 Å². The van der Waals surface area contributed by atoms with Crippen molar-refractivity contribution in [3.63, 3.8) is 0 Å². The van der Waals surface area contributed by atoms with Crippen LogP contribution in [0.15, 0.2) is 29.4 Å². The summed E-state index contributed by atoms with van der Waals surface area (Å²) in [6.07, 6.45) is 2.74. The molecule has 0 radical (unpaired) electrons. The Hall–Kier alpha value is -1.89. The molecule has 1 heterocycles. The molecule has 1 aliphatic rings. The smallest absolute Gasteiger partial charge is 0.220 e. The van der Waals surface area contributed by atoms with Crippen LogP contribution in [0.3, 0.4) is 0 Å². The van der Waals surface area contributed by atoms with Gasteiger partial charge in [-0.15, -0.1) is 5.10 Å². The van der Waals surface area contributed by atoms with Crippen molar-refractivity contribution in [3.05, 3.63) is 35.4 Å². The van der Waals surface area contributed by atoms with Crippen molar-refractivity contribution in [1.29, 1.82) is 0 Å². The molecule has 1 atom stereocenters. The number of hydrogen-bond donors (Lipinski definition) is 1. The third kappa shape index (κ3) is 3.47. The van der Waals surface area contributed by atoms with E-state index in [1.54, 1.807) is 11.7 Å². The molecule has 7 heteroatoms. The number of carbonyl (C=O) groups excluding carboxylic acids is 1. The minimum atomic E-state index is 0.124. The Balaban J connectivity index is 1.41. The highest BCUT2D eigenvalue weighted by Crippen LogP contribution is 2.34. The van der Waals surface area contributed by atoms with Crippen molar-refractivity contribution in [2.75, 3.05) is 12.3 Å². The summed E-state index contributed by atoms with van der Waals surface area (Å²) >= 11 is 1.54. The van der Waals surface area contributed by atoms with Crippen molar-refractivity contribution in [3.8, 4) is 0 Å². The first-order valence-corrected chi connectivity index (χ1v) is 8.42. The first-order chi connectivity index (χ1) is 10.7. The van der Waals surface area contributed by atoms with Crippen molar-refractivity contribution >= 4 is 17.7 Å². The molecule has 0 fully saturated rings. The number of nitrogens with zero attached hydrogens (tertiary/aromatic N) is 4. The topological polar surface area (TPSA) is 72.7 Å². The van der Waals surface area contributed by atoms with Crippen LogP contribution in [-0.4, -0.2) is 38.4 Å². The van der Waals surface area contributed by atoms with Crippen LogP contribution in [0.4, 0.5) is 0 Å². The van der Waals surface area contributed by atoms with E-state index in [4.69, 9.17) is 0 Å². The van der Waals surface area contributed by atoms with E-state index >= 15 is 0 Å². The Kier molecular flexibility index (Phi) is 4.72. The van der Waals surface area contributed by atoms with E-state index in [1.807, 2.05) is 0 Å². The third-order valence-corrected chi connectivity index (χ3v) is 4.94. The lowest BCUT2D eigenvalue weighted by atomic mass is 9.97. The molecule has 116 valence electrons. The fraction of sp³-hybridized carbons (Fsp3) is 0.467. The van der Waals surface area contributed by atoms with Crippen molar-refractivity contribution < 1.29 is 4.79 Å². The zero-order valence-electron chi connectivity index (χ0n) is 12.5. The van der Waals surface area contributed by atoms with Gasteiger partial charge in [0, 0.05) is 25.8 Å². The van der Waals surface area contributed by atoms with E-state index < -0.39 is 0 Å². The van der Waals surface area contributed by atoms with Crippen molar-refractivity contribution in [2.24, 2.45) is 7.05 Å². The van der Waals surface area contributed by atoms with E-state index in [2.05, 4.69) is 45.1 Å². The number of benzene rings is 1. The summed E-state index contributed by atoms with van der Waals surface area (Å²) in [7, 11) is 1.80. The Labute approximate surface area is 133 Å². The summed E-state index contributed by atoms with van der Waals surface area (Å²) in [5.74, 6) is 1.26. The molecule has 1 aromatic carbocycles. The van der Waals surface area contributed by atoms with Gasteiger partial charge in [-0.2, -0.15) is 0 Å². The first kappa shape index (κ1) is 15.0. The van der Waals surface area contributed by atoms with Crippen LogP contribution in [0.25, 0.3) is 0 Å². The Morgan fingerprint density at radius 1 is 1.45 bits per heavy atom. The minimum absolute atomic E-state index is 0.124. The predicted molar refractivity (Wildman–Crippen MR) is 84.7 cm³/mol. The fourth-order valence-corrected chi connectivity index (χ4v) is 3.53. The first-order valence-electron chi connectivity index (χ1n) is 7.43. The van der Waals surface area contributed by atoms with Gasteiger partial charge in [0.1, 0.15) is 0 Å². The molecule has 6 nitrogen and oxygen atoms in total. The van der Waals surface area contributed by atoms with E-state index in [1.165, 1.54) is 22.9 Å². The van der Waals surface area contributed by atoms with Crippen LogP contribution in [0.1, 0.15) is 29.9 Å². The van der Waals surface area contributed by atoms with E-state index in [-0.39, 0.29) is 5.91 Å². The SMILES string of the molecule is Cn1nnnc1SCCNC(=O)C[C@H]1CCc2ccccc21. The second-order valence-corrected chi connectivity index (χ2v) is 6.48. The fourth-order valence-electron chi connectivity index (χ4n) is 2.83. The highest BCUT2D eigenvalue weighted by molar-refractivity contribution is 7.99. The highest BCUT2D eigenvalue weighted by Gasteiger charge is 2.23. The average Bonchev–Trinajstić information content (AvgIpc) is 3.11. The normalized spacial score (nSPS) is 16.5. The molecule has 1 amide bonds. The molecule has 22 heavy (non-hydrogen) atoms. The van der Waals surface area contributed by atoms with Crippen LogP contribution in [0, 0.1) is 0 Å². The van der Waals surface area contributed by atoms with Gasteiger partial charge in [-0.3, -0.25) is 4.79 Å². The number of rotatable bonds is 6. The van der Waals surface area contributed by atoms with Crippen molar-refractivity contribution in [2.45, 2.75) is 30.3 Å². The quantitative estimate of drug-likeness (QED) is 0.646. The number of tetrazole rings is 1. The number of aromatic nitrogens is 4. The lowest BCUT2D eigenvalue weighted by molar-refractivity contribution is -0.121. The lowest BCUT2D eigenvalue weighted by Gasteiger charge is -2.11. The lowest BCUT2D eigenvalue weighted by Crippen LogP contribution is -2.27. The average molecular weight is 317 g/mol. The van der Waals surface area contributed by atoms with Gasteiger partial charge in [0.05, 0.1) is 0 Å². The van der Waals surface area contributed by atoms with E-state index in [0.717, 1.165) is 23.8 Å². The summed E-state index contributed by atoms with van der Waals surface area (Å²) in [6.45, 7) is 0.630. The number of aryl methyl sites for hydroxylation is 2. The molecular weight excluding hydrogens is 298 g/mol. The van der Waals surface area contributed by atoms with E-state index in [9.17, 15) is 4.79 Å². The summed E-state index contributed by atoms with van der Waals surface area (Å²) in [6, 6.07) is 8.44. The zero-order valence-corrected chi connectivity index (χ0v) is 13.3. The number of fused-ring (bicyclic) bond motifs is 1. The Morgan fingerprint density at radius 2 is 2.32 bits per heavy atom. The summed E-state index contributed by atoms with van der Waals surface area (Å²) < 4.78 is 1.63. The standard InChI is InChI=1S/C15H19N5OS/c1-20-15(17-18-19-20)22-9-8-16-14(21)10-12-7-6-11-4-2-3-5-13(11)12/h2-5,12H,6-10H2,1H3,(H,16,21)/t12-/m1/s1. The highest BCUT2D eigenvalue weighted by atomic mass is 32.2. The second-order valence-electron chi connectivity index (χ2n) is 5.42. The molecular formula is C15H19N5OS. The molecule has 0 bridgehead atoms. The van der Waals surface area contributed by atoms with Gasteiger partial charge >= 0.3 is 0 Å². The van der Waals surface area contributed by atoms with Gasteiger partial charge in [-0.25, -0.2) is 4.68 Å². The van der Waals surface area contributed by atoms with Gasteiger partial charge in [0.15, 0.2) is 0 Å². The predicted octanol–water partition coefficient (Wildman–Crippen LogP) is 1.54. The number of nitrogens with one attached hydrogen (secondary N) is 1. The number of amides is 1. The van der Waals surface area contributed by atoms with Crippen molar-refractivity contribution in [1.82, 2.24) is 25.5 Å². The van der Waals surface area contributed by atoms with Crippen LogP contribution in [0.2, 0.25) is 0 Å². The van der Waals surface area contributed by atoms with Gasteiger partial charge in [0.2, 0.25) is 11.1 Å². The largest absolute Gasteiger partial charge is 0.355 e. The zero-order chi connectivity index (χ0) is 15.4. The Morgan fingerprint density at radius 3 is 3.14 bits per heavy atom. The van der Waals surface area contributed by atoms with Crippen LogP contribution in [-0.2, 0) is 18.3 Å². The second kappa shape index (κ2) is 6.91. The maximum absolute atomic E-state index is 12.1.